The van der Waals surface area contributed by atoms with E-state index in [4.69, 9.17) is 21.1 Å². The number of alkyl halides is 1. The number of ether oxygens (including phenoxy) is 2. The van der Waals surface area contributed by atoms with Gasteiger partial charge in [0.15, 0.2) is 0 Å². The van der Waals surface area contributed by atoms with Gasteiger partial charge in [0.2, 0.25) is 0 Å². The first-order valence-corrected chi connectivity index (χ1v) is 7.70. The van der Waals surface area contributed by atoms with Crippen molar-refractivity contribution in [2.75, 3.05) is 13.2 Å². The Morgan fingerprint density at radius 1 is 1.14 bits per heavy atom. The number of rotatable bonds is 8. The van der Waals surface area contributed by atoms with E-state index in [0.717, 1.165) is 35.5 Å². The van der Waals surface area contributed by atoms with Gasteiger partial charge in [-0.2, -0.15) is 0 Å². The van der Waals surface area contributed by atoms with Crippen molar-refractivity contribution in [3.8, 4) is 11.5 Å². The number of pyridine rings is 1. The Bertz CT molecular complexity index is 546. The molecule has 0 radical (unpaired) electrons. The smallest absolute Gasteiger partial charge is 0.127 e. The van der Waals surface area contributed by atoms with Gasteiger partial charge in [0.05, 0.1) is 19.1 Å². The van der Waals surface area contributed by atoms with Gasteiger partial charge in [-0.25, -0.2) is 0 Å². The van der Waals surface area contributed by atoms with Crippen LogP contribution in [0.4, 0.5) is 0 Å². The van der Waals surface area contributed by atoms with E-state index >= 15 is 0 Å². The lowest BCUT2D eigenvalue weighted by Crippen LogP contribution is -2.04. The van der Waals surface area contributed by atoms with Gasteiger partial charge >= 0.3 is 0 Å². The third-order valence-electron chi connectivity index (χ3n) is 3.03. The molecule has 0 fully saturated rings. The van der Waals surface area contributed by atoms with Crippen LogP contribution in [-0.4, -0.2) is 18.2 Å². The van der Waals surface area contributed by atoms with E-state index in [1.54, 1.807) is 6.20 Å². The largest absolute Gasteiger partial charge is 0.493 e. The van der Waals surface area contributed by atoms with Crippen molar-refractivity contribution in [2.24, 2.45) is 0 Å². The highest BCUT2D eigenvalue weighted by Gasteiger charge is 2.06. The molecule has 0 spiro atoms. The van der Waals surface area contributed by atoms with Crippen LogP contribution in [0.1, 0.15) is 24.5 Å². The Morgan fingerprint density at radius 3 is 2.76 bits per heavy atom. The van der Waals surface area contributed by atoms with E-state index < -0.39 is 0 Å². The Kier molecular flexibility index (Phi) is 6.35. The molecule has 0 atom stereocenters. The van der Waals surface area contributed by atoms with Crippen molar-refractivity contribution < 1.29 is 9.47 Å². The SMILES string of the molecule is CCCOc1ccc(CCl)c(OCCc2cccnc2)c1. The number of aromatic nitrogens is 1. The summed E-state index contributed by atoms with van der Waals surface area (Å²) < 4.78 is 11.5. The molecule has 0 saturated carbocycles. The summed E-state index contributed by atoms with van der Waals surface area (Å²) in [5, 5.41) is 0. The van der Waals surface area contributed by atoms with E-state index in [1.165, 1.54) is 0 Å². The summed E-state index contributed by atoms with van der Waals surface area (Å²) in [5.74, 6) is 2.04. The first-order chi connectivity index (χ1) is 10.3. The maximum atomic E-state index is 5.95. The lowest BCUT2D eigenvalue weighted by Gasteiger charge is -2.12. The fourth-order valence-electron chi connectivity index (χ4n) is 1.91. The average Bonchev–Trinajstić information content (AvgIpc) is 2.54. The van der Waals surface area contributed by atoms with E-state index in [1.807, 2.05) is 36.5 Å². The molecule has 3 nitrogen and oxygen atoms in total. The fourth-order valence-corrected chi connectivity index (χ4v) is 2.13. The van der Waals surface area contributed by atoms with Gasteiger partial charge in [-0.1, -0.05) is 19.1 Å². The third-order valence-corrected chi connectivity index (χ3v) is 3.31. The minimum absolute atomic E-state index is 0.427. The second-order valence-corrected chi connectivity index (χ2v) is 4.98. The van der Waals surface area contributed by atoms with Crippen LogP contribution in [0, 0.1) is 0 Å². The molecule has 112 valence electrons. The zero-order valence-corrected chi connectivity index (χ0v) is 13.0. The topological polar surface area (TPSA) is 31.4 Å². The van der Waals surface area contributed by atoms with Crippen molar-refractivity contribution in [2.45, 2.75) is 25.6 Å². The molecule has 1 heterocycles. The molecule has 2 rings (SSSR count). The van der Waals surface area contributed by atoms with E-state index in [2.05, 4.69) is 11.9 Å². The molecular weight excluding hydrogens is 286 g/mol. The Labute approximate surface area is 130 Å². The van der Waals surface area contributed by atoms with Gasteiger partial charge in [-0.3, -0.25) is 4.98 Å². The van der Waals surface area contributed by atoms with Crippen LogP contribution in [0.2, 0.25) is 0 Å². The van der Waals surface area contributed by atoms with Crippen molar-refractivity contribution >= 4 is 11.6 Å². The molecule has 1 aromatic carbocycles. The Balaban J connectivity index is 1.96. The first-order valence-electron chi connectivity index (χ1n) is 7.17. The quantitative estimate of drug-likeness (QED) is 0.684. The maximum Gasteiger partial charge on any atom is 0.127 e. The van der Waals surface area contributed by atoms with Crippen LogP contribution >= 0.6 is 11.6 Å². The summed E-state index contributed by atoms with van der Waals surface area (Å²) in [6, 6.07) is 9.77. The monoisotopic (exact) mass is 305 g/mol. The normalized spacial score (nSPS) is 10.4. The fraction of sp³-hybridized carbons (Fsp3) is 0.353. The number of nitrogens with zero attached hydrogens (tertiary/aromatic N) is 1. The molecule has 4 heteroatoms. The van der Waals surface area contributed by atoms with Crippen molar-refractivity contribution in [3.63, 3.8) is 0 Å². The molecule has 2 aromatic rings. The molecule has 0 bridgehead atoms. The summed E-state index contributed by atoms with van der Waals surface area (Å²) in [6.07, 6.45) is 5.42. The van der Waals surface area contributed by atoms with Gasteiger partial charge in [0, 0.05) is 30.4 Å². The van der Waals surface area contributed by atoms with Crippen LogP contribution in [0.15, 0.2) is 42.7 Å². The highest BCUT2D eigenvalue weighted by molar-refractivity contribution is 6.17. The Morgan fingerprint density at radius 2 is 2.05 bits per heavy atom. The minimum atomic E-state index is 0.427. The number of benzene rings is 1. The molecule has 0 saturated heterocycles. The minimum Gasteiger partial charge on any atom is -0.493 e. The summed E-state index contributed by atoms with van der Waals surface area (Å²) in [5.41, 5.74) is 2.13. The second-order valence-electron chi connectivity index (χ2n) is 4.71. The van der Waals surface area contributed by atoms with Crippen molar-refractivity contribution in [3.05, 3.63) is 53.9 Å². The standard InChI is InChI=1S/C17H20ClNO2/c1-2-9-20-16-6-5-15(12-18)17(11-16)21-10-7-14-4-3-8-19-13-14/h3-6,8,11,13H,2,7,9-10,12H2,1H3. The van der Waals surface area contributed by atoms with Crippen LogP contribution in [-0.2, 0) is 12.3 Å². The van der Waals surface area contributed by atoms with E-state index in [9.17, 15) is 0 Å². The molecule has 21 heavy (non-hydrogen) atoms. The van der Waals surface area contributed by atoms with Crippen molar-refractivity contribution in [1.29, 1.82) is 0 Å². The van der Waals surface area contributed by atoms with Gasteiger partial charge in [0.25, 0.3) is 0 Å². The predicted octanol–water partition coefficient (Wildman–Crippen LogP) is 4.23. The maximum absolute atomic E-state index is 5.95. The van der Waals surface area contributed by atoms with Crippen LogP contribution < -0.4 is 9.47 Å². The number of halogens is 1. The third kappa shape index (κ3) is 4.94. The summed E-state index contributed by atoms with van der Waals surface area (Å²) >= 11 is 5.95. The lowest BCUT2D eigenvalue weighted by atomic mass is 10.2. The first kappa shape index (κ1) is 15.6. The van der Waals surface area contributed by atoms with Crippen molar-refractivity contribution in [1.82, 2.24) is 4.98 Å². The molecule has 1 aromatic heterocycles. The highest BCUT2D eigenvalue weighted by Crippen LogP contribution is 2.26. The number of hydrogen-bond donors (Lipinski definition) is 0. The highest BCUT2D eigenvalue weighted by atomic mass is 35.5. The summed E-state index contributed by atoms with van der Waals surface area (Å²) in [6.45, 7) is 3.38. The van der Waals surface area contributed by atoms with Crippen LogP contribution in [0.25, 0.3) is 0 Å². The summed E-state index contributed by atoms with van der Waals surface area (Å²) in [4.78, 5) is 4.10. The second kappa shape index (κ2) is 8.53. The predicted molar refractivity (Wildman–Crippen MR) is 85.2 cm³/mol. The van der Waals surface area contributed by atoms with Gasteiger partial charge in [-0.15, -0.1) is 11.6 Å². The molecular formula is C17H20ClNO2. The molecule has 0 aliphatic heterocycles. The average molecular weight is 306 g/mol. The molecule has 0 unspecified atom stereocenters. The molecule has 0 amide bonds. The number of hydrogen-bond acceptors (Lipinski definition) is 3. The molecule has 0 aliphatic rings. The van der Waals surface area contributed by atoms with E-state index in [-0.39, 0.29) is 0 Å². The lowest BCUT2D eigenvalue weighted by molar-refractivity contribution is 0.302. The van der Waals surface area contributed by atoms with Gasteiger partial charge in [-0.05, 0) is 24.1 Å². The van der Waals surface area contributed by atoms with Crippen LogP contribution in [0.3, 0.4) is 0 Å². The Hall–Kier alpha value is -1.74. The van der Waals surface area contributed by atoms with Gasteiger partial charge in [0.1, 0.15) is 11.5 Å². The molecule has 0 N–H and O–H groups in total. The summed E-state index contributed by atoms with van der Waals surface area (Å²) in [7, 11) is 0. The zero-order chi connectivity index (χ0) is 14.9. The van der Waals surface area contributed by atoms with E-state index in [0.29, 0.717) is 19.1 Å². The van der Waals surface area contributed by atoms with Gasteiger partial charge < -0.3 is 9.47 Å². The zero-order valence-electron chi connectivity index (χ0n) is 12.2. The van der Waals surface area contributed by atoms with Crippen LogP contribution in [0.5, 0.6) is 11.5 Å². The molecule has 0 aliphatic carbocycles.